The van der Waals surface area contributed by atoms with Crippen molar-refractivity contribution in [3.8, 4) is 11.5 Å². The maximum atomic E-state index is 12.4. The van der Waals surface area contributed by atoms with Crippen molar-refractivity contribution in [3.05, 3.63) is 69.6 Å². The molecular weight excluding hydrogens is 310 g/mol. The number of amides is 1. The Morgan fingerprint density at radius 1 is 1.17 bits per heavy atom. The predicted molar refractivity (Wildman–Crippen MR) is 86.5 cm³/mol. The van der Waals surface area contributed by atoms with Gasteiger partial charge in [0.25, 0.3) is 5.91 Å². The van der Waals surface area contributed by atoms with E-state index in [0.717, 1.165) is 0 Å². The van der Waals surface area contributed by atoms with Crippen molar-refractivity contribution >= 4 is 16.9 Å². The van der Waals surface area contributed by atoms with Gasteiger partial charge in [-0.25, -0.2) is 4.79 Å². The summed E-state index contributed by atoms with van der Waals surface area (Å²) >= 11 is 0. The first-order valence-electron chi connectivity index (χ1n) is 7.33. The number of carbonyl (C=O) groups is 1. The molecule has 120 valence electrons. The summed E-state index contributed by atoms with van der Waals surface area (Å²) < 4.78 is 10.4. The van der Waals surface area contributed by atoms with Crippen LogP contribution < -0.4 is 15.7 Å². The van der Waals surface area contributed by atoms with Gasteiger partial charge in [0.1, 0.15) is 22.6 Å². The minimum absolute atomic E-state index is 0.0194. The summed E-state index contributed by atoms with van der Waals surface area (Å²) in [7, 11) is 1.50. The molecule has 1 atom stereocenters. The van der Waals surface area contributed by atoms with Crippen LogP contribution in [0.1, 0.15) is 27.5 Å². The van der Waals surface area contributed by atoms with Crippen molar-refractivity contribution in [1.29, 1.82) is 0 Å². The van der Waals surface area contributed by atoms with Crippen LogP contribution in [-0.2, 0) is 0 Å². The molecule has 4 rings (SSSR count). The number of ether oxygens (including phenoxy) is 1. The highest BCUT2D eigenvalue weighted by molar-refractivity contribution is 6.00. The van der Waals surface area contributed by atoms with Crippen LogP contribution in [0.5, 0.6) is 11.5 Å². The minimum Gasteiger partial charge on any atom is -0.507 e. The Hall–Kier alpha value is -3.28. The fourth-order valence-electron chi connectivity index (χ4n) is 3.03. The molecule has 1 unspecified atom stereocenters. The van der Waals surface area contributed by atoms with Gasteiger partial charge in [-0.15, -0.1) is 0 Å². The molecule has 1 aliphatic heterocycles. The van der Waals surface area contributed by atoms with Crippen LogP contribution in [0.2, 0.25) is 0 Å². The second kappa shape index (κ2) is 5.13. The highest BCUT2D eigenvalue weighted by atomic mass is 16.5. The predicted octanol–water partition coefficient (Wildman–Crippen LogP) is 2.34. The van der Waals surface area contributed by atoms with Gasteiger partial charge in [0, 0.05) is 11.6 Å². The summed E-state index contributed by atoms with van der Waals surface area (Å²) in [6, 6.07) is 11.0. The summed E-state index contributed by atoms with van der Waals surface area (Å²) in [5, 5.41) is 13.7. The second-order valence-corrected chi connectivity index (χ2v) is 5.51. The molecule has 2 aromatic carbocycles. The summed E-state index contributed by atoms with van der Waals surface area (Å²) in [4.78, 5) is 24.5. The number of rotatable bonds is 2. The van der Waals surface area contributed by atoms with Gasteiger partial charge >= 0.3 is 5.63 Å². The normalized spacial score (nSPS) is 16.0. The Bertz CT molecular complexity index is 1040. The van der Waals surface area contributed by atoms with E-state index < -0.39 is 11.7 Å². The first-order valence-corrected chi connectivity index (χ1v) is 7.33. The number of aromatic hydroxyl groups is 1. The Morgan fingerprint density at radius 3 is 2.75 bits per heavy atom. The van der Waals surface area contributed by atoms with Gasteiger partial charge in [-0.3, -0.25) is 4.79 Å². The molecule has 6 heteroatoms. The van der Waals surface area contributed by atoms with Crippen LogP contribution in [-0.4, -0.2) is 18.1 Å². The fourth-order valence-corrected chi connectivity index (χ4v) is 3.03. The summed E-state index contributed by atoms with van der Waals surface area (Å²) in [6.07, 6.45) is 0. The SMILES string of the molecule is COc1ccc2c(O)c(C3NC(=O)c4ccccc43)c(=O)oc2c1. The first-order chi connectivity index (χ1) is 11.6. The quantitative estimate of drug-likeness (QED) is 0.707. The van der Waals surface area contributed by atoms with E-state index in [9.17, 15) is 14.7 Å². The average molecular weight is 323 g/mol. The summed E-state index contributed by atoms with van der Waals surface area (Å²) in [6.45, 7) is 0. The molecule has 0 fully saturated rings. The lowest BCUT2D eigenvalue weighted by Gasteiger charge is -2.14. The van der Waals surface area contributed by atoms with Crippen LogP contribution >= 0.6 is 0 Å². The molecule has 0 aliphatic carbocycles. The van der Waals surface area contributed by atoms with Crippen LogP contribution in [0, 0.1) is 0 Å². The molecule has 0 bridgehead atoms. The lowest BCUT2D eigenvalue weighted by atomic mass is 9.98. The Balaban J connectivity index is 1.96. The molecular formula is C18H13NO5. The van der Waals surface area contributed by atoms with Crippen LogP contribution in [0.3, 0.4) is 0 Å². The standard InChI is InChI=1S/C18H13NO5/c1-23-9-6-7-12-13(8-9)24-18(22)14(16(12)20)15-10-4-2-3-5-11(10)17(21)19-15/h2-8,15,20H,1H3,(H,19,21). The van der Waals surface area contributed by atoms with Crippen molar-refractivity contribution < 1.29 is 19.1 Å². The van der Waals surface area contributed by atoms with Crippen molar-refractivity contribution in [2.45, 2.75) is 6.04 Å². The van der Waals surface area contributed by atoms with Crippen molar-refractivity contribution in [2.24, 2.45) is 0 Å². The van der Waals surface area contributed by atoms with Gasteiger partial charge in [0.15, 0.2) is 0 Å². The van der Waals surface area contributed by atoms with E-state index in [4.69, 9.17) is 9.15 Å². The van der Waals surface area contributed by atoms with E-state index in [2.05, 4.69) is 5.32 Å². The Labute approximate surface area is 136 Å². The smallest absolute Gasteiger partial charge is 0.345 e. The van der Waals surface area contributed by atoms with Gasteiger partial charge in [-0.2, -0.15) is 0 Å². The van der Waals surface area contributed by atoms with Gasteiger partial charge in [0.2, 0.25) is 0 Å². The van der Waals surface area contributed by atoms with E-state index >= 15 is 0 Å². The summed E-state index contributed by atoms with van der Waals surface area (Å²) in [5.74, 6) is 0.0208. The highest BCUT2D eigenvalue weighted by Gasteiger charge is 2.34. The number of nitrogens with one attached hydrogen (secondary N) is 1. The third kappa shape index (κ3) is 1.96. The zero-order valence-corrected chi connectivity index (χ0v) is 12.7. The molecule has 0 saturated carbocycles. The highest BCUT2D eigenvalue weighted by Crippen LogP contribution is 2.37. The number of carbonyl (C=O) groups excluding carboxylic acids is 1. The third-order valence-corrected chi connectivity index (χ3v) is 4.20. The lowest BCUT2D eigenvalue weighted by Crippen LogP contribution is -2.24. The monoisotopic (exact) mass is 323 g/mol. The third-order valence-electron chi connectivity index (χ3n) is 4.20. The number of hydrogen-bond acceptors (Lipinski definition) is 5. The Kier molecular flexibility index (Phi) is 3.06. The van der Waals surface area contributed by atoms with Crippen LogP contribution in [0.4, 0.5) is 0 Å². The number of benzene rings is 2. The largest absolute Gasteiger partial charge is 0.507 e. The number of methoxy groups -OCH3 is 1. The molecule has 2 heterocycles. The van der Waals surface area contributed by atoms with E-state index in [1.807, 2.05) is 0 Å². The maximum Gasteiger partial charge on any atom is 0.345 e. The Morgan fingerprint density at radius 2 is 1.96 bits per heavy atom. The van der Waals surface area contributed by atoms with Crippen LogP contribution in [0.15, 0.2) is 51.7 Å². The topological polar surface area (TPSA) is 88.8 Å². The lowest BCUT2D eigenvalue weighted by molar-refractivity contribution is 0.0960. The maximum absolute atomic E-state index is 12.4. The van der Waals surface area contributed by atoms with Crippen LogP contribution in [0.25, 0.3) is 11.0 Å². The van der Waals surface area contributed by atoms with Gasteiger partial charge in [-0.05, 0) is 23.8 Å². The molecule has 1 aliphatic rings. The molecule has 24 heavy (non-hydrogen) atoms. The van der Waals surface area contributed by atoms with Gasteiger partial charge in [0.05, 0.1) is 18.5 Å². The van der Waals surface area contributed by atoms with E-state index in [0.29, 0.717) is 22.3 Å². The zero-order chi connectivity index (χ0) is 16.8. The van der Waals surface area contributed by atoms with E-state index in [1.165, 1.54) is 13.2 Å². The molecule has 6 nitrogen and oxygen atoms in total. The molecule has 3 aromatic rings. The number of hydrogen-bond donors (Lipinski definition) is 2. The summed E-state index contributed by atoms with van der Waals surface area (Å²) in [5.41, 5.74) is 0.661. The minimum atomic E-state index is -0.739. The van der Waals surface area contributed by atoms with E-state index in [1.54, 1.807) is 36.4 Å². The molecule has 0 spiro atoms. The van der Waals surface area contributed by atoms with Crippen molar-refractivity contribution in [2.75, 3.05) is 7.11 Å². The van der Waals surface area contributed by atoms with E-state index in [-0.39, 0.29) is 22.8 Å². The second-order valence-electron chi connectivity index (χ2n) is 5.51. The zero-order valence-electron chi connectivity index (χ0n) is 12.7. The molecule has 0 radical (unpaired) electrons. The van der Waals surface area contributed by atoms with Crippen molar-refractivity contribution in [3.63, 3.8) is 0 Å². The molecule has 0 saturated heterocycles. The average Bonchev–Trinajstić information content (AvgIpc) is 2.91. The van der Waals surface area contributed by atoms with Gasteiger partial charge < -0.3 is 19.6 Å². The van der Waals surface area contributed by atoms with Crippen molar-refractivity contribution in [1.82, 2.24) is 5.32 Å². The molecule has 2 N–H and O–H groups in total. The molecule has 1 aromatic heterocycles. The first kappa shape index (κ1) is 14.3. The van der Waals surface area contributed by atoms with Gasteiger partial charge in [-0.1, -0.05) is 18.2 Å². The molecule has 1 amide bonds. The number of fused-ring (bicyclic) bond motifs is 2. The fraction of sp³-hybridized carbons (Fsp3) is 0.111.